The molecule has 0 bridgehead atoms. The van der Waals surface area contributed by atoms with Crippen molar-refractivity contribution in [3.05, 3.63) is 11.6 Å². The molecule has 0 aliphatic heterocycles. The van der Waals surface area contributed by atoms with Crippen LogP contribution in [0.1, 0.15) is 26.7 Å². The zero-order valence-corrected chi connectivity index (χ0v) is 7.55. The third-order valence-electron chi connectivity index (χ3n) is 1.65. The minimum atomic E-state index is 0.205. The molecule has 0 aromatic heterocycles. The van der Waals surface area contributed by atoms with Gasteiger partial charge in [0.1, 0.15) is 0 Å². The van der Waals surface area contributed by atoms with Crippen molar-refractivity contribution >= 4 is 0 Å². The predicted octanol–water partition coefficient (Wildman–Crippen LogP) is 2.38. The van der Waals surface area contributed by atoms with Gasteiger partial charge >= 0.3 is 0 Å². The molecule has 62 valence electrons. The van der Waals surface area contributed by atoms with Gasteiger partial charge in [0.25, 0.3) is 0 Å². The fourth-order valence-electron chi connectivity index (χ4n) is 1.02. The van der Waals surface area contributed by atoms with Crippen LogP contribution in [-0.2, 0) is 4.74 Å². The first-order chi connectivity index (χ1) is 5.26. The first-order valence-electron chi connectivity index (χ1n) is 3.91. The fraction of sp³-hybridized carbons (Fsp3) is 0.600. The first-order valence-corrected chi connectivity index (χ1v) is 3.91. The Morgan fingerprint density at radius 3 is 2.73 bits per heavy atom. The maximum atomic E-state index is 5.24. The van der Waals surface area contributed by atoms with E-state index in [0.29, 0.717) is 0 Å². The van der Waals surface area contributed by atoms with E-state index in [-0.39, 0.29) is 6.10 Å². The second kappa shape index (κ2) is 6.00. The Morgan fingerprint density at radius 1 is 1.73 bits per heavy atom. The van der Waals surface area contributed by atoms with E-state index in [9.17, 15) is 0 Å². The van der Waals surface area contributed by atoms with Crippen LogP contribution in [0.2, 0.25) is 0 Å². The molecular weight excluding hydrogens is 136 g/mol. The van der Waals surface area contributed by atoms with E-state index in [1.165, 1.54) is 0 Å². The average molecular weight is 152 g/mol. The molecule has 0 saturated heterocycles. The summed E-state index contributed by atoms with van der Waals surface area (Å²) in [5.41, 5.74) is 1.14. The second-order valence-corrected chi connectivity index (χ2v) is 2.57. The lowest BCUT2D eigenvalue weighted by molar-refractivity contribution is 0.123. The zero-order chi connectivity index (χ0) is 8.69. The van der Waals surface area contributed by atoms with Gasteiger partial charge in [0.2, 0.25) is 0 Å². The van der Waals surface area contributed by atoms with Crippen LogP contribution in [0.3, 0.4) is 0 Å². The monoisotopic (exact) mass is 152 g/mol. The number of rotatable bonds is 4. The molecule has 0 amide bonds. The fourth-order valence-corrected chi connectivity index (χ4v) is 1.02. The summed E-state index contributed by atoms with van der Waals surface area (Å²) in [7, 11) is 1.72. The predicted molar refractivity (Wildman–Crippen MR) is 48.3 cm³/mol. The SMILES string of the molecule is C#C/C=C(/C)[C@@H](CCC)OC. The van der Waals surface area contributed by atoms with Crippen molar-refractivity contribution < 1.29 is 4.74 Å². The second-order valence-electron chi connectivity index (χ2n) is 2.57. The Bertz CT molecular complexity index is 162. The van der Waals surface area contributed by atoms with Crippen molar-refractivity contribution in [1.82, 2.24) is 0 Å². The molecule has 1 nitrogen and oxygen atoms in total. The highest BCUT2D eigenvalue weighted by Crippen LogP contribution is 2.10. The molecule has 0 saturated carbocycles. The molecule has 0 unspecified atom stereocenters. The third kappa shape index (κ3) is 3.85. The Labute approximate surface area is 69.4 Å². The van der Waals surface area contributed by atoms with Crippen LogP contribution < -0.4 is 0 Å². The van der Waals surface area contributed by atoms with Crippen molar-refractivity contribution in [3.63, 3.8) is 0 Å². The van der Waals surface area contributed by atoms with Crippen molar-refractivity contribution in [2.45, 2.75) is 32.8 Å². The van der Waals surface area contributed by atoms with Gasteiger partial charge in [0.05, 0.1) is 6.10 Å². The number of terminal acetylenes is 1. The minimum Gasteiger partial charge on any atom is -0.377 e. The van der Waals surface area contributed by atoms with Crippen molar-refractivity contribution in [3.8, 4) is 12.3 Å². The van der Waals surface area contributed by atoms with Crippen LogP contribution in [0.4, 0.5) is 0 Å². The molecule has 0 spiro atoms. The molecular formula is C10H16O. The molecule has 0 aliphatic rings. The van der Waals surface area contributed by atoms with Crippen molar-refractivity contribution in [2.24, 2.45) is 0 Å². The van der Waals surface area contributed by atoms with E-state index in [1.54, 1.807) is 13.2 Å². The molecule has 11 heavy (non-hydrogen) atoms. The molecule has 0 rings (SSSR count). The average Bonchev–Trinajstić information content (AvgIpc) is 2.00. The van der Waals surface area contributed by atoms with Crippen LogP contribution in [0.15, 0.2) is 11.6 Å². The summed E-state index contributed by atoms with van der Waals surface area (Å²) in [5, 5.41) is 0. The van der Waals surface area contributed by atoms with Gasteiger partial charge in [-0.25, -0.2) is 0 Å². The maximum Gasteiger partial charge on any atom is 0.0787 e. The summed E-state index contributed by atoms with van der Waals surface area (Å²) in [6.07, 6.45) is 9.27. The number of hydrogen-bond acceptors (Lipinski definition) is 1. The largest absolute Gasteiger partial charge is 0.377 e. The Morgan fingerprint density at radius 2 is 2.36 bits per heavy atom. The highest BCUT2D eigenvalue weighted by Gasteiger charge is 2.06. The summed E-state index contributed by atoms with van der Waals surface area (Å²) >= 11 is 0. The lowest BCUT2D eigenvalue weighted by atomic mass is 10.1. The van der Waals surface area contributed by atoms with Crippen molar-refractivity contribution in [1.29, 1.82) is 0 Å². The Balaban J connectivity index is 4.04. The van der Waals surface area contributed by atoms with Crippen LogP contribution in [-0.4, -0.2) is 13.2 Å². The quantitative estimate of drug-likeness (QED) is 0.562. The summed E-state index contributed by atoms with van der Waals surface area (Å²) < 4.78 is 5.24. The Hall–Kier alpha value is -0.740. The highest BCUT2D eigenvalue weighted by molar-refractivity contribution is 5.18. The van der Waals surface area contributed by atoms with Gasteiger partial charge in [0.15, 0.2) is 0 Å². The van der Waals surface area contributed by atoms with E-state index in [0.717, 1.165) is 18.4 Å². The van der Waals surface area contributed by atoms with E-state index >= 15 is 0 Å². The van der Waals surface area contributed by atoms with Crippen LogP contribution >= 0.6 is 0 Å². The van der Waals surface area contributed by atoms with Gasteiger partial charge in [-0.1, -0.05) is 19.3 Å². The van der Waals surface area contributed by atoms with E-state index in [1.807, 2.05) is 6.92 Å². The van der Waals surface area contributed by atoms with Gasteiger partial charge in [-0.3, -0.25) is 0 Å². The standard InChI is InChI=1S/C10H16O/c1-5-7-9(3)10(11-4)8-6-2/h1,7,10H,6,8H2,2-4H3/b9-7-/t10-/m1/s1. The smallest absolute Gasteiger partial charge is 0.0787 e. The number of hydrogen-bond donors (Lipinski definition) is 0. The molecule has 0 fully saturated rings. The minimum absolute atomic E-state index is 0.205. The van der Waals surface area contributed by atoms with Gasteiger partial charge in [-0.2, -0.15) is 0 Å². The van der Waals surface area contributed by atoms with E-state index < -0.39 is 0 Å². The molecule has 0 aromatic rings. The van der Waals surface area contributed by atoms with Crippen molar-refractivity contribution in [2.75, 3.05) is 7.11 Å². The summed E-state index contributed by atoms with van der Waals surface area (Å²) in [5.74, 6) is 2.50. The van der Waals surface area contributed by atoms with Crippen LogP contribution in [0, 0.1) is 12.3 Å². The maximum absolute atomic E-state index is 5.24. The molecule has 0 aromatic carbocycles. The number of ether oxygens (including phenoxy) is 1. The Kier molecular flexibility index (Phi) is 5.60. The van der Waals surface area contributed by atoms with E-state index in [2.05, 4.69) is 12.8 Å². The highest BCUT2D eigenvalue weighted by atomic mass is 16.5. The molecule has 0 heterocycles. The molecule has 1 atom stereocenters. The molecule has 0 N–H and O–H groups in total. The van der Waals surface area contributed by atoms with Gasteiger partial charge < -0.3 is 4.74 Å². The van der Waals surface area contributed by atoms with Crippen LogP contribution in [0.25, 0.3) is 0 Å². The number of allylic oxidation sites excluding steroid dienone is 1. The summed E-state index contributed by atoms with van der Waals surface area (Å²) in [6, 6.07) is 0. The normalized spacial score (nSPS) is 14.2. The first kappa shape index (κ1) is 10.3. The van der Waals surface area contributed by atoms with Gasteiger partial charge in [-0.15, -0.1) is 6.42 Å². The van der Waals surface area contributed by atoms with Gasteiger partial charge in [-0.05, 0) is 25.0 Å². The van der Waals surface area contributed by atoms with E-state index in [4.69, 9.17) is 11.2 Å². The van der Waals surface area contributed by atoms with Crippen LogP contribution in [0.5, 0.6) is 0 Å². The lowest BCUT2D eigenvalue weighted by Crippen LogP contribution is -2.11. The summed E-state index contributed by atoms with van der Waals surface area (Å²) in [4.78, 5) is 0. The summed E-state index contributed by atoms with van der Waals surface area (Å²) in [6.45, 7) is 4.14. The molecule has 1 heteroatoms. The third-order valence-corrected chi connectivity index (χ3v) is 1.65. The molecule has 0 aliphatic carbocycles. The lowest BCUT2D eigenvalue weighted by Gasteiger charge is -2.13. The zero-order valence-electron chi connectivity index (χ0n) is 7.55. The number of methoxy groups -OCH3 is 1. The van der Waals surface area contributed by atoms with Gasteiger partial charge in [0, 0.05) is 7.11 Å². The topological polar surface area (TPSA) is 9.23 Å². The molecule has 0 radical (unpaired) electrons.